The van der Waals surface area contributed by atoms with Gasteiger partial charge in [0.05, 0.1) is 18.2 Å². The van der Waals surface area contributed by atoms with Gasteiger partial charge in [0, 0.05) is 23.2 Å². The number of aliphatic hydroxyl groups excluding tert-OH is 1. The predicted molar refractivity (Wildman–Crippen MR) is 108 cm³/mol. The number of hydrogen-bond donors (Lipinski definition) is 3. The molecule has 1 aliphatic rings. The number of aromatic hydroxyl groups is 2. The molecule has 0 spiro atoms. The molecule has 0 bridgehead atoms. The second kappa shape index (κ2) is 8.52. The largest absolute Gasteiger partial charge is 0.507 e. The van der Waals surface area contributed by atoms with Gasteiger partial charge < -0.3 is 15.3 Å². The number of benzene rings is 1. The van der Waals surface area contributed by atoms with E-state index in [0.717, 1.165) is 17.2 Å². The fourth-order valence-corrected chi connectivity index (χ4v) is 3.93. The van der Waals surface area contributed by atoms with Crippen LogP contribution < -0.4 is 0 Å². The summed E-state index contributed by atoms with van der Waals surface area (Å²) in [6, 6.07) is 3.81. The molecule has 0 unspecified atom stereocenters. The van der Waals surface area contributed by atoms with Crippen molar-refractivity contribution in [3.8, 4) is 22.6 Å². The van der Waals surface area contributed by atoms with Crippen LogP contribution in [0.1, 0.15) is 37.4 Å². The molecule has 0 radical (unpaired) electrons. The Labute approximate surface area is 173 Å². The number of nitrogens with zero attached hydrogens (tertiary/aromatic N) is 1. The van der Waals surface area contributed by atoms with Crippen molar-refractivity contribution in [1.29, 1.82) is 0 Å². The van der Waals surface area contributed by atoms with Crippen molar-refractivity contribution in [1.82, 2.24) is 4.98 Å². The first-order chi connectivity index (χ1) is 14.1. The maximum atomic E-state index is 14.1. The molecule has 0 saturated carbocycles. The van der Waals surface area contributed by atoms with E-state index >= 15 is 0 Å². The zero-order chi connectivity index (χ0) is 22.2. The number of phenols is 2. The molecule has 1 aromatic carbocycles. The molecule has 160 valence electrons. The molecule has 2 aromatic rings. The maximum absolute atomic E-state index is 14.1. The molecular formula is C23H24F3NO3. The number of rotatable bonds is 5. The van der Waals surface area contributed by atoms with Crippen LogP contribution in [0.5, 0.6) is 11.5 Å². The summed E-state index contributed by atoms with van der Waals surface area (Å²) in [6.07, 6.45) is -0.661. The minimum Gasteiger partial charge on any atom is -0.507 e. The van der Waals surface area contributed by atoms with Gasteiger partial charge in [-0.25, -0.2) is 13.2 Å². The third-order valence-corrected chi connectivity index (χ3v) is 5.58. The van der Waals surface area contributed by atoms with Crippen molar-refractivity contribution in [2.75, 3.05) is 0 Å². The van der Waals surface area contributed by atoms with Gasteiger partial charge in [0.15, 0.2) is 0 Å². The number of allylic oxidation sites excluding steroid dienone is 2. The molecule has 0 saturated heterocycles. The highest BCUT2D eigenvalue weighted by molar-refractivity contribution is 5.69. The van der Waals surface area contributed by atoms with Gasteiger partial charge in [0.1, 0.15) is 17.3 Å². The molecule has 30 heavy (non-hydrogen) atoms. The molecule has 1 aliphatic carbocycles. The lowest BCUT2D eigenvalue weighted by Gasteiger charge is -2.34. The van der Waals surface area contributed by atoms with Gasteiger partial charge in [0.25, 0.3) is 0 Å². The van der Waals surface area contributed by atoms with Gasteiger partial charge >= 0.3 is 0 Å². The summed E-state index contributed by atoms with van der Waals surface area (Å²) in [5.74, 6) is -1.84. The Morgan fingerprint density at radius 1 is 1.20 bits per heavy atom. The van der Waals surface area contributed by atoms with Crippen LogP contribution in [0.3, 0.4) is 0 Å². The van der Waals surface area contributed by atoms with Crippen LogP contribution in [-0.4, -0.2) is 32.8 Å². The van der Waals surface area contributed by atoms with Gasteiger partial charge in [-0.2, -0.15) is 0 Å². The molecule has 1 aromatic heterocycles. The van der Waals surface area contributed by atoms with Crippen molar-refractivity contribution in [3.63, 3.8) is 0 Å². The van der Waals surface area contributed by atoms with E-state index in [9.17, 15) is 28.5 Å². The Bertz CT molecular complexity index is 980. The second-order valence-electron chi connectivity index (χ2n) is 7.82. The smallest absolute Gasteiger partial charge is 0.244 e. The zero-order valence-electron chi connectivity index (χ0n) is 16.7. The fourth-order valence-electron chi connectivity index (χ4n) is 3.93. The van der Waals surface area contributed by atoms with Crippen LogP contribution in [0, 0.1) is 11.7 Å². The number of aliphatic hydroxyl groups is 1. The summed E-state index contributed by atoms with van der Waals surface area (Å²) in [5, 5.41) is 31.5. The Kier molecular flexibility index (Phi) is 6.22. The van der Waals surface area contributed by atoms with Crippen molar-refractivity contribution in [3.05, 3.63) is 65.3 Å². The van der Waals surface area contributed by atoms with Gasteiger partial charge in [-0.05, 0) is 55.5 Å². The van der Waals surface area contributed by atoms with Crippen LogP contribution in [0.15, 0.2) is 48.2 Å². The van der Waals surface area contributed by atoms with E-state index in [2.05, 4.69) is 11.6 Å². The van der Waals surface area contributed by atoms with Crippen LogP contribution in [0.4, 0.5) is 13.2 Å². The first kappa shape index (κ1) is 21.9. The molecule has 7 heteroatoms. The quantitative estimate of drug-likeness (QED) is 0.590. The standard InChI is InChI=1S/C23H24F3NO3/c1-11(2)15-8-19(28)12(3)4-16(15)23-20(29)6-13(7-21(23)30)14-5-17(24)18(27-10-14)9-22(25)26/h4-7,10,15-16,19,22,28-30H,1,8-9H2,2-3H3/t15-,16+,19-/m0/s1. The van der Waals surface area contributed by atoms with Crippen LogP contribution in [0.25, 0.3) is 11.1 Å². The number of alkyl halides is 2. The summed E-state index contributed by atoms with van der Waals surface area (Å²) in [5.41, 5.74) is 2.04. The number of aromatic nitrogens is 1. The molecule has 3 N–H and O–H groups in total. The lowest BCUT2D eigenvalue weighted by atomic mass is 9.72. The SMILES string of the molecule is C=C(C)[C@@H]1C[C@H](O)C(C)=C[C@H]1c1c(O)cc(-c2cnc(CC(F)F)c(F)c2)cc1O. The molecule has 1 heterocycles. The minimum atomic E-state index is -2.71. The monoisotopic (exact) mass is 419 g/mol. The molecule has 0 aliphatic heterocycles. The minimum absolute atomic E-state index is 0.181. The van der Waals surface area contributed by atoms with E-state index in [1.54, 1.807) is 6.92 Å². The van der Waals surface area contributed by atoms with Crippen LogP contribution in [-0.2, 0) is 6.42 Å². The van der Waals surface area contributed by atoms with E-state index < -0.39 is 24.8 Å². The van der Waals surface area contributed by atoms with Crippen LogP contribution in [0.2, 0.25) is 0 Å². The topological polar surface area (TPSA) is 73.6 Å². The normalized spacial score (nSPS) is 21.6. The number of halogens is 3. The number of hydrogen-bond acceptors (Lipinski definition) is 4. The molecule has 3 rings (SSSR count). The third-order valence-electron chi connectivity index (χ3n) is 5.58. The number of pyridine rings is 1. The van der Waals surface area contributed by atoms with E-state index in [1.807, 2.05) is 13.0 Å². The third kappa shape index (κ3) is 4.36. The Hall–Kier alpha value is -2.80. The van der Waals surface area contributed by atoms with Crippen molar-refractivity contribution < 1.29 is 28.5 Å². The Morgan fingerprint density at radius 3 is 2.37 bits per heavy atom. The predicted octanol–water partition coefficient (Wildman–Crippen LogP) is 5.09. The summed E-state index contributed by atoms with van der Waals surface area (Å²) in [7, 11) is 0. The summed E-state index contributed by atoms with van der Waals surface area (Å²) < 4.78 is 39.1. The lowest BCUT2D eigenvalue weighted by Crippen LogP contribution is -2.26. The van der Waals surface area contributed by atoms with Crippen LogP contribution >= 0.6 is 0 Å². The highest BCUT2D eigenvalue weighted by Gasteiger charge is 2.33. The molecule has 0 fully saturated rings. The molecule has 0 amide bonds. The maximum Gasteiger partial charge on any atom is 0.244 e. The van der Waals surface area contributed by atoms with E-state index in [1.165, 1.54) is 18.3 Å². The fraction of sp³-hybridized carbons (Fsp3) is 0.348. The highest BCUT2D eigenvalue weighted by atomic mass is 19.3. The van der Waals surface area contributed by atoms with Gasteiger partial charge in [-0.3, -0.25) is 4.98 Å². The van der Waals surface area contributed by atoms with E-state index in [4.69, 9.17) is 0 Å². The van der Waals surface area contributed by atoms with Crippen molar-refractivity contribution >= 4 is 0 Å². The molecule has 4 nitrogen and oxygen atoms in total. The lowest BCUT2D eigenvalue weighted by molar-refractivity contribution is 0.146. The number of phenolic OH excluding ortho intramolecular Hbond substituents is 2. The van der Waals surface area contributed by atoms with E-state index in [0.29, 0.717) is 17.5 Å². The first-order valence-corrected chi connectivity index (χ1v) is 9.59. The van der Waals surface area contributed by atoms with Gasteiger partial charge in [-0.1, -0.05) is 18.2 Å². The molecule has 3 atom stereocenters. The Morgan fingerprint density at radius 2 is 1.83 bits per heavy atom. The second-order valence-corrected chi connectivity index (χ2v) is 7.82. The average molecular weight is 419 g/mol. The van der Waals surface area contributed by atoms with Crippen molar-refractivity contribution in [2.45, 2.75) is 45.1 Å². The average Bonchev–Trinajstić information content (AvgIpc) is 2.64. The van der Waals surface area contributed by atoms with Gasteiger partial charge in [0.2, 0.25) is 6.43 Å². The summed E-state index contributed by atoms with van der Waals surface area (Å²) in [6.45, 7) is 7.58. The highest BCUT2D eigenvalue weighted by Crippen LogP contribution is 2.47. The Balaban J connectivity index is 2.02. The van der Waals surface area contributed by atoms with Gasteiger partial charge in [-0.15, -0.1) is 0 Å². The first-order valence-electron chi connectivity index (χ1n) is 9.59. The molecular weight excluding hydrogens is 395 g/mol. The van der Waals surface area contributed by atoms with E-state index in [-0.39, 0.29) is 34.6 Å². The zero-order valence-corrected chi connectivity index (χ0v) is 16.7. The van der Waals surface area contributed by atoms with Crippen molar-refractivity contribution in [2.24, 2.45) is 5.92 Å². The summed E-state index contributed by atoms with van der Waals surface area (Å²) in [4.78, 5) is 3.75. The summed E-state index contributed by atoms with van der Waals surface area (Å²) >= 11 is 0.